The van der Waals surface area contributed by atoms with Crippen molar-refractivity contribution < 1.29 is 21.6 Å². The quantitative estimate of drug-likeness (QED) is 0.789. The van der Waals surface area contributed by atoms with Crippen LogP contribution in [0.4, 0.5) is 13.2 Å². The first kappa shape index (κ1) is 17.9. The Morgan fingerprint density at radius 1 is 1.33 bits per heavy atom. The van der Waals surface area contributed by atoms with Crippen LogP contribution in [0.1, 0.15) is 30.9 Å². The van der Waals surface area contributed by atoms with E-state index in [9.17, 15) is 21.6 Å². The molecule has 21 heavy (non-hydrogen) atoms. The molecule has 0 saturated heterocycles. The van der Waals surface area contributed by atoms with Crippen molar-refractivity contribution in [1.82, 2.24) is 4.72 Å². The summed E-state index contributed by atoms with van der Waals surface area (Å²) in [6.45, 7) is 3.09. The molecule has 1 aromatic carbocycles. The molecule has 1 rings (SSSR count). The summed E-state index contributed by atoms with van der Waals surface area (Å²) in [4.78, 5) is -0.349. The van der Waals surface area contributed by atoms with Gasteiger partial charge in [0, 0.05) is 12.6 Å². The predicted octanol–water partition coefficient (Wildman–Crippen LogP) is 2.42. The van der Waals surface area contributed by atoms with Crippen LogP contribution in [0.5, 0.6) is 0 Å². The van der Waals surface area contributed by atoms with Crippen LogP contribution in [0.2, 0.25) is 0 Å². The van der Waals surface area contributed by atoms with Crippen molar-refractivity contribution in [2.45, 2.75) is 43.8 Å². The minimum absolute atomic E-state index is 0.0511. The monoisotopic (exact) mass is 324 g/mol. The van der Waals surface area contributed by atoms with Crippen molar-refractivity contribution in [3.8, 4) is 0 Å². The van der Waals surface area contributed by atoms with Gasteiger partial charge in [-0.2, -0.15) is 13.2 Å². The van der Waals surface area contributed by atoms with E-state index in [1.54, 1.807) is 6.92 Å². The lowest BCUT2D eigenvalue weighted by Gasteiger charge is -2.14. The zero-order valence-electron chi connectivity index (χ0n) is 11.9. The lowest BCUT2D eigenvalue weighted by molar-refractivity contribution is -0.138. The normalized spacial score (nSPS) is 14.2. The van der Waals surface area contributed by atoms with E-state index in [0.717, 1.165) is 19.1 Å². The van der Waals surface area contributed by atoms with E-state index in [4.69, 9.17) is 5.73 Å². The molecule has 0 aliphatic carbocycles. The van der Waals surface area contributed by atoms with E-state index in [0.29, 0.717) is 12.8 Å². The van der Waals surface area contributed by atoms with Crippen molar-refractivity contribution in [2.75, 3.05) is 6.54 Å². The maximum absolute atomic E-state index is 12.8. The van der Waals surface area contributed by atoms with Crippen molar-refractivity contribution >= 4 is 10.0 Å². The smallest absolute Gasteiger partial charge is 0.328 e. The number of hydrogen-bond acceptors (Lipinski definition) is 3. The summed E-state index contributed by atoms with van der Waals surface area (Å²) in [6, 6.07) is 3.07. The number of benzene rings is 1. The molecule has 0 spiro atoms. The third-order valence-corrected chi connectivity index (χ3v) is 4.61. The van der Waals surface area contributed by atoms with Gasteiger partial charge in [-0.25, -0.2) is 13.1 Å². The van der Waals surface area contributed by atoms with Crippen LogP contribution in [0, 0.1) is 6.92 Å². The van der Waals surface area contributed by atoms with Crippen LogP contribution in [0.15, 0.2) is 23.1 Å². The van der Waals surface area contributed by atoms with Crippen molar-refractivity contribution in [3.63, 3.8) is 0 Å². The van der Waals surface area contributed by atoms with E-state index >= 15 is 0 Å². The highest BCUT2D eigenvalue weighted by molar-refractivity contribution is 7.89. The summed E-state index contributed by atoms with van der Waals surface area (Å²) in [5.74, 6) is 0. The topological polar surface area (TPSA) is 72.2 Å². The molecule has 1 atom stereocenters. The Kier molecular flexibility index (Phi) is 5.77. The zero-order valence-corrected chi connectivity index (χ0v) is 12.7. The summed E-state index contributed by atoms with van der Waals surface area (Å²) < 4.78 is 64.8. The molecule has 1 aromatic rings. The van der Waals surface area contributed by atoms with Crippen molar-refractivity contribution in [1.29, 1.82) is 0 Å². The number of nitrogens with one attached hydrogen (secondary N) is 1. The van der Waals surface area contributed by atoms with Gasteiger partial charge in [-0.3, -0.25) is 0 Å². The second-order valence-corrected chi connectivity index (χ2v) is 6.68. The van der Waals surface area contributed by atoms with Gasteiger partial charge >= 0.3 is 6.18 Å². The van der Waals surface area contributed by atoms with E-state index < -0.39 is 21.8 Å². The first-order chi connectivity index (χ1) is 9.55. The minimum Gasteiger partial charge on any atom is -0.328 e. The van der Waals surface area contributed by atoms with Crippen LogP contribution in [-0.4, -0.2) is 21.0 Å². The minimum atomic E-state index is -4.58. The molecule has 3 N–H and O–H groups in total. The fraction of sp³-hybridized carbons (Fsp3) is 0.538. The Morgan fingerprint density at radius 3 is 2.48 bits per heavy atom. The Labute approximate surface area is 122 Å². The SMILES string of the molecule is Cc1c(C(F)(F)F)cccc1S(=O)(=O)NCCCC(C)N. The summed E-state index contributed by atoms with van der Waals surface area (Å²) in [5, 5.41) is 0. The molecule has 0 amide bonds. The number of nitrogens with two attached hydrogens (primary N) is 1. The molecule has 1 unspecified atom stereocenters. The van der Waals surface area contributed by atoms with Crippen LogP contribution in [-0.2, 0) is 16.2 Å². The molecular formula is C13H19F3N2O2S. The summed E-state index contributed by atoms with van der Waals surface area (Å²) in [6.07, 6.45) is -3.43. The van der Waals surface area contributed by atoms with Gasteiger partial charge in [-0.05, 0) is 44.4 Å². The molecule has 4 nitrogen and oxygen atoms in total. The van der Waals surface area contributed by atoms with Gasteiger partial charge < -0.3 is 5.73 Å². The molecule has 0 heterocycles. The predicted molar refractivity (Wildman–Crippen MR) is 74.3 cm³/mol. The molecule has 0 fully saturated rings. The molecule has 0 aliphatic rings. The first-order valence-electron chi connectivity index (χ1n) is 6.48. The largest absolute Gasteiger partial charge is 0.416 e. The second kappa shape index (κ2) is 6.76. The maximum atomic E-state index is 12.8. The second-order valence-electron chi connectivity index (χ2n) is 4.94. The van der Waals surface area contributed by atoms with E-state index in [1.165, 1.54) is 6.07 Å². The third-order valence-electron chi connectivity index (χ3n) is 3.01. The van der Waals surface area contributed by atoms with Crippen LogP contribution < -0.4 is 10.5 Å². The van der Waals surface area contributed by atoms with Gasteiger partial charge in [0.1, 0.15) is 0 Å². The number of rotatable bonds is 6. The average Bonchev–Trinajstić information content (AvgIpc) is 2.33. The summed E-state index contributed by atoms with van der Waals surface area (Å²) in [5.41, 5.74) is 4.30. The van der Waals surface area contributed by atoms with E-state index in [1.807, 2.05) is 0 Å². The summed E-state index contributed by atoms with van der Waals surface area (Å²) in [7, 11) is -3.96. The Morgan fingerprint density at radius 2 is 1.95 bits per heavy atom. The highest BCUT2D eigenvalue weighted by Crippen LogP contribution is 2.34. The number of alkyl halides is 3. The van der Waals surface area contributed by atoms with Gasteiger partial charge in [-0.1, -0.05) is 6.07 Å². The van der Waals surface area contributed by atoms with Crippen molar-refractivity contribution in [3.05, 3.63) is 29.3 Å². The first-order valence-corrected chi connectivity index (χ1v) is 7.96. The average molecular weight is 324 g/mol. The standard InChI is InChI=1S/C13H19F3N2O2S/c1-9(17)5-4-8-18-21(19,20)12-7-3-6-11(10(12)2)13(14,15)16/h3,6-7,9,18H,4-5,8,17H2,1-2H3. The van der Waals surface area contributed by atoms with Gasteiger partial charge in [0.05, 0.1) is 10.5 Å². The molecular weight excluding hydrogens is 305 g/mol. The van der Waals surface area contributed by atoms with Gasteiger partial charge in [0.25, 0.3) is 0 Å². The fourth-order valence-electron chi connectivity index (χ4n) is 1.92. The third kappa shape index (κ3) is 4.98. The van der Waals surface area contributed by atoms with E-state index in [2.05, 4.69) is 4.72 Å². The molecule has 0 bridgehead atoms. The Hall–Kier alpha value is -1.12. The number of halogens is 3. The van der Waals surface area contributed by atoms with E-state index in [-0.39, 0.29) is 23.0 Å². The number of sulfonamides is 1. The molecule has 0 saturated carbocycles. The molecule has 0 aliphatic heterocycles. The number of hydrogen-bond donors (Lipinski definition) is 2. The van der Waals surface area contributed by atoms with Gasteiger partial charge in [0.2, 0.25) is 10.0 Å². The Bertz CT molecular complexity index is 584. The molecule has 0 aromatic heterocycles. The lowest BCUT2D eigenvalue weighted by Crippen LogP contribution is -2.27. The maximum Gasteiger partial charge on any atom is 0.416 e. The Balaban J connectivity index is 2.94. The molecule has 8 heteroatoms. The fourth-order valence-corrected chi connectivity index (χ4v) is 3.26. The van der Waals surface area contributed by atoms with Crippen LogP contribution in [0.3, 0.4) is 0 Å². The van der Waals surface area contributed by atoms with Gasteiger partial charge in [-0.15, -0.1) is 0 Å². The van der Waals surface area contributed by atoms with Crippen LogP contribution in [0.25, 0.3) is 0 Å². The highest BCUT2D eigenvalue weighted by Gasteiger charge is 2.34. The van der Waals surface area contributed by atoms with Gasteiger partial charge in [0.15, 0.2) is 0 Å². The highest BCUT2D eigenvalue weighted by atomic mass is 32.2. The molecule has 120 valence electrons. The lowest BCUT2D eigenvalue weighted by atomic mass is 10.1. The molecule has 0 radical (unpaired) electrons. The zero-order chi connectivity index (χ0) is 16.3. The van der Waals surface area contributed by atoms with Crippen molar-refractivity contribution in [2.24, 2.45) is 5.73 Å². The van der Waals surface area contributed by atoms with Crippen LogP contribution >= 0.6 is 0 Å². The summed E-state index contributed by atoms with van der Waals surface area (Å²) >= 11 is 0.